The molecule has 0 atom stereocenters. The van der Waals surface area contributed by atoms with Crippen molar-refractivity contribution in [3.05, 3.63) is 4.91 Å². The van der Waals surface area contributed by atoms with Crippen molar-refractivity contribution in [3.8, 4) is 0 Å². The third kappa shape index (κ3) is 6.86. The average Bonchev–Trinajstić information content (AvgIpc) is 2.08. The van der Waals surface area contributed by atoms with Crippen LogP contribution in [0.25, 0.3) is 0 Å². The zero-order valence-corrected chi connectivity index (χ0v) is 12.1. The van der Waals surface area contributed by atoms with Crippen LogP contribution in [-0.4, -0.2) is 29.0 Å². The minimum absolute atomic E-state index is 0.234. The predicted molar refractivity (Wildman–Crippen MR) is 68.5 cm³/mol. The monoisotopic (exact) mass is 300 g/mol. The standard InChI is InChI=1S/C11H20N2O2.BF4/c1-10(2)6-8(5-9(12)14)7-11(3,4)13(10)15;2-1(3,4)5/h8H,5-7H2,1-4H3,(H-,12,14);/q;-1/p+1. The first kappa shape index (κ1) is 18.9. The molecule has 0 aromatic heterocycles. The Bertz CT molecular complexity index is 357. The van der Waals surface area contributed by atoms with Crippen LogP contribution in [0.1, 0.15) is 47.0 Å². The SMILES string of the molecule is CC1(C)CC(CC(N)=O)CC(C)(C)[N+]1=O.F[B-](F)(F)F. The average molecular weight is 300 g/mol. The molecule has 0 aromatic rings. The Morgan fingerprint density at radius 1 is 1.15 bits per heavy atom. The largest absolute Gasteiger partial charge is 0.673 e. The normalized spacial score (nSPS) is 21.9. The summed E-state index contributed by atoms with van der Waals surface area (Å²) in [5.41, 5.74) is 4.40. The lowest BCUT2D eigenvalue weighted by molar-refractivity contribution is -0.695. The molecular weight excluding hydrogens is 279 g/mol. The second kappa shape index (κ2) is 6.09. The van der Waals surface area contributed by atoms with Crippen molar-refractivity contribution in [2.24, 2.45) is 11.7 Å². The van der Waals surface area contributed by atoms with Gasteiger partial charge in [-0.15, -0.1) is 0 Å². The fraction of sp³-hybridized carbons (Fsp3) is 0.909. The van der Waals surface area contributed by atoms with E-state index in [4.69, 9.17) is 5.73 Å². The number of hydrogen-bond donors (Lipinski definition) is 1. The van der Waals surface area contributed by atoms with Crippen LogP contribution in [0.2, 0.25) is 0 Å². The molecule has 0 bridgehead atoms. The van der Waals surface area contributed by atoms with Crippen LogP contribution < -0.4 is 5.73 Å². The highest BCUT2D eigenvalue weighted by Crippen LogP contribution is 2.38. The summed E-state index contributed by atoms with van der Waals surface area (Å²) >= 11 is 0. The van der Waals surface area contributed by atoms with Gasteiger partial charge in [-0.05, 0) is 5.92 Å². The third-order valence-electron chi connectivity index (χ3n) is 3.17. The van der Waals surface area contributed by atoms with E-state index in [1.165, 1.54) is 0 Å². The van der Waals surface area contributed by atoms with Gasteiger partial charge in [-0.1, -0.05) is 0 Å². The number of nitroso groups, excluding NO2 is 1. The number of nitrogens with two attached hydrogens (primary N) is 1. The van der Waals surface area contributed by atoms with Gasteiger partial charge in [0.05, 0.1) is 0 Å². The van der Waals surface area contributed by atoms with E-state index in [9.17, 15) is 27.0 Å². The number of carbonyl (C=O) groups is 1. The summed E-state index contributed by atoms with van der Waals surface area (Å²) in [6.45, 7) is 7.70. The lowest BCUT2D eigenvalue weighted by Crippen LogP contribution is -2.54. The molecule has 1 aliphatic rings. The lowest BCUT2D eigenvalue weighted by Gasteiger charge is -2.36. The molecule has 1 fully saturated rings. The fourth-order valence-electron chi connectivity index (χ4n) is 2.90. The van der Waals surface area contributed by atoms with Gasteiger partial charge in [0.2, 0.25) is 17.0 Å². The Morgan fingerprint density at radius 2 is 1.45 bits per heavy atom. The predicted octanol–water partition coefficient (Wildman–Crippen LogP) is 2.91. The van der Waals surface area contributed by atoms with Crippen molar-refractivity contribution in [1.82, 2.24) is 0 Å². The van der Waals surface area contributed by atoms with Crippen LogP contribution in [0.4, 0.5) is 17.3 Å². The summed E-state index contributed by atoms with van der Waals surface area (Å²) in [5.74, 6) is -0.0383. The van der Waals surface area contributed by atoms with E-state index >= 15 is 0 Å². The van der Waals surface area contributed by atoms with Gasteiger partial charge in [-0.25, -0.2) is 0 Å². The van der Waals surface area contributed by atoms with Crippen molar-refractivity contribution in [1.29, 1.82) is 0 Å². The third-order valence-corrected chi connectivity index (χ3v) is 3.17. The molecule has 0 saturated carbocycles. The van der Waals surface area contributed by atoms with Gasteiger partial charge in [0.25, 0.3) is 0 Å². The van der Waals surface area contributed by atoms with E-state index in [0.29, 0.717) is 6.42 Å². The van der Waals surface area contributed by atoms with Crippen molar-refractivity contribution in [2.45, 2.75) is 58.0 Å². The Balaban J connectivity index is 0.000000621. The maximum absolute atomic E-state index is 12.0. The molecule has 1 saturated heterocycles. The van der Waals surface area contributed by atoms with Gasteiger partial charge in [0.15, 0.2) is 0 Å². The molecule has 0 aliphatic carbocycles. The Labute approximate surface area is 115 Å². The zero-order chi connectivity index (χ0) is 16.4. The van der Waals surface area contributed by atoms with Crippen LogP contribution >= 0.6 is 0 Å². The Kier molecular flexibility index (Phi) is 5.74. The molecule has 1 heterocycles. The molecule has 0 spiro atoms. The summed E-state index contributed by atoms with van der Waals surface area (Å²) in [7, 11) is -6.00. The van der Waals surface area contributed by atoms with E-state index in [0.717, 1.165) is 17.6 Å². The minimum Gasteiger partial charge on any atom is -0.418 e. The molecule has 1 aliphatic heterocycles. The number of carbonyl (C=O) groups excluding carboxylic acids is 1. The van der Waals surface area contributed by atoms with Gasteiger partial charge >= 0.3 is 7.25 Å². The highest BCUT2D eigenvalue weighted by atomic mass is 19.5. The first-order valence-electron chi connectivity index (χ1n) is 6.28. The maximum Gasteiger partial charge on any atom is 0.673 e. The van der Waals surface area contributed by atoms with E-state index in [-0.39, 0.29) is 11.8 Å². The molecule has 1 amide bonds. The van der Waals surface area contributed by atoms with Crippen molar-refractivity contribution in [3.63, 3.8) is 0 Å². The summed E-state index contributed by atoms with van der Waals surface area (Å²) in [5, 5.41) is 0. The molecule has 20 heavy (non-hydrogen) atoms. The maximum atomic E-state index is 12.0. The fourth-order valence-corrected chi connectivity index (χ4v) is 2.90. The summed E-state index contributed by atoms with van der Waals surface area (Å²) in [4.78, 5) is 22.9. The number of primary amides is 1. The molecule has 0 unspecified atom stereocenters. The molecule has 0 radical (unpaired) electrons. The van der Waals surface area contributed by atoms with Crippen LogP contribution in [0, 0.1) is 10.8 Å². The molecule has 4 nitrogen and oxygen atoms in total. The number of amides is 1. The van der Waals surface area contributed by atoms with Gasteiger partial charge in [0, 0.05) is 56.6 Å². The molecule has 9 heteroatoms. The number of hydrogen-bond acceptors (Lipinski definition) is 2. The second-order valence-corrected chi connectivity index (χ2v) is 6.36. The summed E-state index contributed by atoms with van der Waals surface area (Å²) < 4.78 is 40.2. The second-order valence-electron chi connectivity index (χ2n) is 6.36. The van der Waals surface area contributed by atoms with Gasteiger partial charge in [0.1, 0.15) is 0 Å². The smallest absolute Gasteiger partial charge is 0.418 e. The number of halogens is 4. The van der Waals surface area contributed by atoms with Gasteiger partial charge in [-0.3, -0.25) is 4.79 Å². The van der Waals surface area contributed by atoms with Gasteiger partial charge in [-0.2, -0.15) is 0 Å². The number of rotatable bonds is 2. The van der Waals surface area contributed by atoms with Crippen LogP contribution in [0.5, 0.6) is 0 Å². The van der Waals surface area contributed by atoms with E-state index in [1.54, 1.807) is 0 Å². The van der Waals surface area contributed by atoms with Crippen LogP contribution in [-0.2, 0) is 4.79 Å². The molecule has 118 valence electrons. The minimum atomic E-state index is -6.00. The Morgan fingerprint density at radius 3 is 1.70 bits per heavy atom. The van der Waals surface area contributed by atoms with Crippen molar-refractivity contribution < 1.29 is 26.8 Å². The van der Waals surface area contributed by atoms with E-state index in [2.05, 4.69) is 0 Å². The molecule has 1 rings (SSSR count). The topological polar surface area (TPSA) is 63.2 Å². The quantitative estimate of drug-likeness (QED) is 0.484. The molecule has 2 N–H and O–H groups in total. The van der Waals surface area contributed by atoms with Crippen LogP contribution in [0.15, 0.2) is 0 Å². The first-order valence-corrected chi connectivity index (χ1v) is 6.28. The highest BCUT2D eigenvalue weighted by molar-refractivity contribution is 6.50. The van der Waals surface area contributed by atoms with E-state index < -0.39 is 18.3 Å². The summed E-state index contributed by atoms with van der Waals surface area (Å²) in [6, 6.07) is 0. The first-order chi connectivity index (χ1) is 8.65. The van der Waals surface area contributed by atoms with Gasteiger partial charge < -0.3 is 23.0 Å². The van der Waals surface area contributed by atoms with E-state index in [1.807, 2.05) is 27.7 Å². The molecule has 0 aromatic carbocycles. The number of piperidine rings is 1. The number of nitrogens with zero attached hydrogens (tertiary/aromatic N) is 1. The zero-order valence-electron chi connectivity index (χ0n) is 12.1. The van der Waals surface area contributed by atoms with Crippen molar-refractivity contribution >= 4 is 13.2 Å². The lowest BCUT2D eigenvalue weighted by atomic mass is 9.74. The Hall–Kier alpha value is -1.15. The highest BCUT2D eigenvalue weighted by Gasteiger charge is 2.53. The summed E-state index contributed by atoms with van der Waals surface area (Å²) in [6.07, 6.45) is 1.87. The van der Waals surface area contributed by atoms with Crippen molar-refractivity contribution in [2.75, 3.05) is 0 Å². The molecular formula is C11H21BF4N2O2. The van der Waals surface area contributed by atoms with Crippen LogP contribution in [0.3, 0.4) is 0 Å².